The molecule has 1 aromatic carbocycles. The number of aromatic nitrogens is 2. The normalized spacial score (nSPS) is 10.3. The van der Waals surface area contributed by atoms with E-state index in [2.05, 4.69) is 9.97 Å². The Hall–Kier alpha value is -1.88. The molecule has 0 fully saturated rings. The zero-order chi connectivity index (χ0) is 14.4. The van der Waals surface area contributed by atoms with Crippen molar-refractivity contribution in [3.05, 3.63) is 47.1 Å². The Balaban J connectivity index is 1.91. The third-order valence-electron chi connectivity index (χ3n) is 2.42. The SMILES string of the molecule is CCOc1cc(Cl)nc(CCOc2ccc(F)cc2)n1. The fourth-order valence-electron chi connectivity index (χ4n) is 1.57. The number of ether oxygens (including phenoxy) is 2. The average molecular weight is 297 g/mol. The van der Waals surface area contributed by atoms with Gasteiger partial charge in [0, 0.05) is 12.5 Å². The number of benzene rings is 1. The molecule has 6 heteroatoms. The van der Waals surface area contributed by atoms with E-state index >= 15 is 0 Å². The maximum absolute atomic E-state index is 12.7. The largest absolute Gasteiger partial charge is 0.493 e. The minimum atomic E-state index is -0.295. The first-order chi connectivity index (χ1) is 9.67. The molecule has 0 atom stereocenters. The highest BCUT2D eigenvalue weighted by molar-refractivity contribution is 6.29. The molecule has 1 aromatic heterocycles. The van der Waals surface area contributed by atoms with Crippen molar-refractivity contribution in [1.82, 2.24) is 9.97 Å². The fourth-order valence-corrected chi connectivity index (χ4v) is 1.76. The summed E-state index contributed by atoms with van der Waals surface area (Å²) in [5.41, 5.74) is 0. The summed E-state index contributed by atoms with van der Waals surface area (Å²) in [6, 6.07) is 7.39. The summed E-state index contributed by atoms with van der Waals surface area (Å²) in [6.45, 7) is 2.75. The Morgan fingerprint density at radius 2 is 1.90 bits per heavy atom. The lowest BCUT2D eigenvalue weighted by Gasteiger charge is -2.07. The second-order valence-corrected chi connectivity index (χ2v) is 4.32. The Bertz CT molecular complexity index is 564. The smallest absolute Gasteiger partial charge is 0.218 e. The zero-order valence-electron chi connectivity index (χ0n) is 11.0. The molecule has 1 heterocycles. The van der Waals surface area contributed by atoms with Gasteiger partial charge in [-0.1, -0.05) is 11.6 Å². The molecular weight excluding hydrogens is 283 g/mol. The second kappa shape index (κ2) is 7.05. The van der Waals surface area contributed by atoms with E-state index in [1.807, 2.05) is 6.92 Å². The van der Waals surface area contributed by atoms with Crippen LogP contribution in [0.2, 0.25) is 5.15 Å². The third kappa shape index (κ3) is 4.35. The molecule has 0 saturated heterocycles. The molecule has 2 aromatic rings. The molecular formula is C14H14ClFN2O2. The maximum Gasteiger partial charge on any atom is 0.218 e. The molecule has 0 amide bonds. The zero-order valence-corrected chi connectivity index (χ0v) is 11.7. The molecule has 0 saturated carbocycles. The van der Waals surface area contributed by atoms with Crippen molar-refractivity contribution in [3.63, 3.8) is 0 Å². The molecule has 0 bridgehead atoms. The molecule has 0 N–H and O–H groups in total. The van der Waals surface area contributed by atoms with Crippen LogP contribution in [0.5, 0.6) is 11.6 Å². The van der Waals surface area contributed by atoms with Crippen LogP contribution in [0.15, 0.2) is 30.3 Å². The van der Waals surface area contributed by atoms with E-state index in [4.69, 9.17) is 21.1 Å². The summed E-state index contributed by atoms with van der Waals surface area (Å²) >= 11 is 5.89. The Morgan fingerprint density at radius 3 is 2.60 bits per heavy atom. The van der Waals surface area contributed by atoms with E-state index in [1.54, 1.807) is 18.2 Å². The topological polar surface area (TPSA) is 44.2 Å². The lowest BCUT2D eigenvalue weighted by atomic mass is 10.3. The maximum atomic E-state index is 12.7. The van der Waals surface area contributed by atoms with Crippen LogP contribution >= 0.6 is 11.6 Å². The standard InChI is InChI=1S/C14H14ClFN2O2/c1-2-19-14-9-12(15)17-13(18-14)7-8-20-11-5-3-10(16)4-6-11/h3-6,9H,2,7-8H2,1H3. The fraction of sp³-hybridized carbons (Fsp3) is 0.286. The van der Waals surface area contributed by atoms with E-state index in [-0.39, 0.29) is 5.82 Å². The van der Waals surface area contributed by atoms with Gasteiger partial charge in [-0.2, -0.15) is 4.98 Å². The van der Waals surface area contributed by atoms with Crippen molar-refractivity contribution in [2.45, 2.75) is 13.3 Å². The number of nitrogens with zero attached hydrogens (tertiary/aromatic N) is 2. The summed E-state index contributed by atoms with van der Waals surface area (Å²) in [6.07, 6.45) is 0.484. The van der Waals surface area contributed by atoms with Crippen LogP contribution in [-0.2, 0) is 6.42 Å². The van der Waals surface area contributed by atoms with Gasteiger partial charge in [0.1, 0.15) is 22.5 Å². The van der Waals surface area contributed by atoms with Crippen LogP contribution in [0.4, 0.5) is 4.39 Å². The number of rotatable bonds is 6. The van der Waals surface area contributed by atoms with Gasteiger partial charge >= 0.3 is 0 Å². The lowest BCUT2D eigenvalue weighted by Crippen LogP contribution is -2.06. The molecule has 0 radical (unpaired) electrons. The minimum Gasteiger partial charge on any atom is -0.493 e. The summed E-state index contributed by atoms with van der Waals surface area (Å²) in [7, 11) is 0. The van der Waals surface area contributed by atoms with Gasteiger partial charge in [-0.15, -0.1) is 0 Å². The molecule has 0 aliphatic heterocycles. The summed E-state index contributed by atoms with van der Waals surface area (Å²) in [4.78, 5) is 8.31. The van der Waals surface area contributed by atoms with Gasteiger partial charge in [-0.25, -0.2) is 9.37 Å². The average Bonchev–Trinajstić information content (AvgIpc) is 2.41. The second-order valence-electron chi connectivity index (χ2n) is 3.93. The first-order valence-electron chi connectivity index (χ1n) is 6.22. The van der Waals surface area contributed by atoms with Crippen molar-refractivity contribution in [3.8, 4) is 11.6 Å². The van der Waals surface area contributed by atoms with Gasteiger partial charge in [0.25, 0.3) is 0 Å². The first-order valence-corrected chi connectivity index (χ1v) is 6.60. The van der Waals surface area contributed by atoms with E-state index in [0.717, 1.165) is 0 Å². The summed E-state index contributed by atoms with van der Waals surface area (Å²) in [5, 5.41) is 0.334. The van der Waals surface area contributed by atoms with Crippen molar-refractivity contribution < 1.29 is 13.9 Å². The molecule has 2 rings (SSSR count). The van der Waals surface area contributed by atoms with Gasteiger partial charge < -0.3 is 9.47 Å². The third-order valence-corrected chi connectivity index (χ3v) is 2.61. The number of halogens is 2. The van der Waals surface area contributed by atoms with Gasteiger partial charge in [-0.05, 0) is 31.2 Å². The quantitative estimate of drug-likeness (QED) is 0.767. The molecule has 4 nitrogen and oxygen atoms in total. The molecule has 0 unspecified atom stereocenters. The van der Waals surface area contributed by atoms with E-state index < -0.39 is 0 Å². The lowest BCUT2D eigenvalue weighted by molar-refractivity contribution is 0.310. The summed E-state index contributed by atoms with van der Waals surface area (Å²) < 4.78 is 23.5. The van der Waals surface area contributed by atoms with Gasteiger partial charge in [0.15, 0.2) is 0 Å². The van der Waals surface area contributed by atoms with Crippen molar-refractivity contribution in [2.24, 2.45) is 0 Å². The van der Waals surface area contributed by atoms with Crippen molar-refractivity contribution in [2.75, 3.05) is 13.2 Å². The molecule has 0 aliphatic carbocycles. The highest BCUT2D eigenvalue weighted by atomic mass is 35.5. The van der Waals surface area contributed by atoms with E-state index in [1.165, 1.54) is 12.1 Å². The predicted molar refractivity (Wildman–Crippen MR) is 73.8 cm³/mol. The minimum absolute atomic E-state index is 0.295. The monoisotopic (exact) mass is 296 g/mol. The molecule has 106 valence electrons. The first kappa shape index (κ1) is 14.5. The van der Waals surface area contributed by atoms with Gasteiger partial charge in [-0.3, -0.25) is 0 Å². The van der Waals surface area contributed by atoms with Crippen LogP contribution < -0.4 is 9.47 Å². The van der Waals surface area contributed by atoms with E-state index in [0.29, 0.717) is 42.2 Å². The molecule has 0 spiro atoms. The highest BCUT2D eigenvalue weighted by Gasteiger charge is 2.04. The van der Waals surface area contributed by atoms with Gasteiger partial charge in [0.2, 0.25) is 5.88 Å². The molecule has 20 heavy (non-hydrogen) atoms. The highest BCUT2D eigenvalue weighted by Crippen LogP contribution is 2.15. The van der Waals surface area contributed by atoms with Gasteiger partial charge in [0.05, 0.1) is 13.2 Å². The molecule has 0 aliphatic rings. The number of hydrogen-bond donors (Lipinski definition) is 0. The summed E-state index contributed by atoms with van der Waals surface area (Å²) in [5.74, 6) is 1.29. The number of hydrogen-bond acceptors (Lipinski definition) is 4. The Kier molecular flexibility index (Phi) is 5.12. The van der Waals surface area contributed by atoms with Crippen molar-refractivity contribution in [1.29, 1.82) is 0 Å². The van der Waals surface area contributed by atoms with Crippen LogP contribution in [-0.4, -0.2) is 23.2 Å². The van der Waals surface area contributed by atoms with Crippen LogP contribution in [0.1, 0.15) is 12.7 Å². The van der Waals surface area contributed by atoms with Crippen LogP contribution in [0.25, 0.3) is 0 Å². The Labute approximate surface area is 121 Å². The Morgan fingerprint density at radius 1 is 1.15 bits per heavy atom. The van der Waals surface area contributed by atoms with Crippen LogP contribution in [0, 0.1) is 5.82 Å². The van der Waals surface area contributed by atoms with E-state index in [9.17, 15) is 4.39 Å². The predicted octanol–water partition coefficient (Wildman–Crippen LogP) is 3.29. The van der Waals surface area contributed by atoms with Crippen molar-refractivity contribution >= 4 is 11.6 Å². The van der Waals surface area contributed by atoms with Crippen LogP contribution in [0.3, 0.4) is 0 Å².